The minimum atomic E-state index is -0.196. The van der Waals surface area contributed by atoms with Crippen molar-refractivity contribution in [3.63, 3.8) is 0 Å². The fraction of sp³-hybridized carbons (Fsp3) is 0.250. The third-order valence-corrected chi connectivity index (χ3v) is 2.40. The molecule has 0 atom stereocenters. The van der Waals surface area contributed by atoms with Crippen LogP contribution in [0.1, 0.15) is 6.92 Å². The van der Waals surface area contributed by atoms with Crippen LogP contribution in [0, 0.1) is 0 Å². The highest BCUT2D eigenvalue weighted by Crippen LogP contribution is 2.12. The normalized spacial score (nSPS) is 10.1. The van der Waals surface area contributed by atoms with Gasteiger partial charge in [0, 0.05) is 10.7 Å². The third-order valence-electron chi connectivity index (χ3n) is 1.40. The van der Waals surface area contributed by atoms with E-state index in [9.17, 15) is 9.59 Å². The fourth-order valence-corrected chi connectivity index (χ4v) is 2.18. The van der Waals surface area contributed by atoms with E-state index in [1.165, 1.54) is 11.5 Å². The number of nitrogens with zero attached hydrogens (tertiary/aromatic N) is 1. The average Bonchev–Trinajstić information content (AvgIpc) is 1.98. The number of carbonyl (C=O) groups excluding carboxylic acids is 1. The molecule has 0 N–H and O–H groups in total. The summed E-state index contributed by atoms with van der Waals surface area (Å²) < 4.78 is 2.57. The summed E-state index contributed by atoms with van der Waals surface area (Å²) in [5, 5.41) is 0. The van der Waals surface area contributed by atoms with Crippen LogP contribution in [0.25, 0.3) is 0 Å². The van der Waals surface area contributed by atoms with Gasteiger partial charge in [-0.1, -0.05) is 0 Å². The first kappa shape index (κ1) is 10.7. The number of rotatable bonds is 2. The molecule has 0 radical (unpaired) electrons. The Labute approximate surface area is 92.0 Å². The van der Waals surface area contributed by atoms with Gasteiger partial charge < -0.3 is 4.57 Å². The van der Waals surface area contributed by atoms with Crippen molar-refractivity contribution in [2.75, 3.05) is 0 Å². The zero-order chi connectivity index (χ0) is 10.0. The number of ketones is 1. The van der Waals surface area contributed by atoms with Crippen molar-refractivity contribution in [1.29, 1.82) is 0 Å². The molecule has 0 aliphatic rings. The van der Waals surface area contributed by atoms with Crippen LogP contribution in [0.5, 0.6) is 0 Å². The molecular formula is C8H7Br2NO2. The van der Waals surface area contributed by atoms with Crippen LogP contribution in [0.2, 0.25) is 0 Å². The molecule has 1 aromatic rings. The highest BCUT2D eigenvalue weighted by molar-refractivity contribution is 9.11. The van der Waals surface area contributed by atoms with Crippen molar-refractivity contribution in [2.24, 2.45) is 0 Å². The van der Waals surface area contributed by atoms with Gasteiger partial charge in [-0.15, -0.1) is 0 Å². The summed E-state index contributed by atoms with van der Waals surface area (Å²) in [6.07, 6.45) is 1.59. The zero-order valence-corrected chi connectivity index (χ0v) is 10.1. The second kappa shape index (κ2) is 4.19. The summed E-state index contributed by atoms with van der Waals surface area (Å²) in [7, 11) is 0. The molecule has 1 rings (SSSR count). The van der Waals surface area contributed by atoms with Gasteiger partial charge in [0.1, 0.15) is 5.78 Å². The highest BCUT2D eigenvalue weighted by atomic mass is 79.9. The molecule has 0 fully saturated rings. The van der Waals surface area contributed by atoms with E-state index < -0.39 is 0 Å². The first-order chi connectivity index (χ1) is 6.00. The number of hydrogen-bond donors (Lipinski definition) is 0. The Balaban J connectivity index is 3.21. The van der Waals surface area contributed by atoms with Gasteiger partial charge in [0.05, 0.1) is 11.0 Å². The molecule has 0 amide bonds. The Bertz CT molecular complexity index is 398. The van der Waals surface area contributed by atoms with Crippen molar-refractivity contribution in [2.45, 2.75) is 13.5 Å². The van der Waals surface area contributed by atoms with Crippen LogP contribution >= 0.6 is 31.9 Å². The molecule has 13 heavy (non-hydrogen) atoms. The van der Waals surface area contributed by atoms with Crippen molar-refractivity contribution in [3.05, 3.63) is 31.6 Å². The second-order valence-electron chi connectivity index (χ2n) is 2.64. The predicted molar refractivity (Wildman–Crippen MR) is 56.8 cm³/mol. The van der Waals surface area contributed by atoms with Gasteiger partial charge in [-0.3, -0.25) is 9.59 Å². The molecule has 0 aromatic carbocycles. The Morgan fingerprint density at radius 2 is 2.15 bits per heavy atom. The molecule has 3 nitrogen and oxygen atoms in total. The maximum absolute atomic E-state index is 11.4. The summed E-state index contributed by atoms with van der Waals surface area (Å²) in [6, 6.07) is 1.65. The van der Waals surface area contributed by atoms with Crippen LogP contribution in [0.3, 0.4) is 0 Å². The first-order valence-corrected chi connectivity index (χ1v) is 5.14. The van der Waals surface area contributed by atoms with Crippen LogP contribution in [-0.4, -0.2) is 10.4 Å². The second-order valence-corrected chi connectivity index (χ2v) is 4.41. The molecule has 5 heteroatoms. The van der Waals surface area contributed by atoms with Gasteiger partial charge in [-0.05, 0) is 44.8 Å². The molecular weight excluding hydrogens is 302 g/mol. The van der Waals surface area contributed by atoms with E-state index in [2.05, 4.69) is 31.9 Å². The maximum atomic E-state index is 11.4. The van der Waals surface area contributed by atoms with E-state index in [1.54, 1.807) is 12.3 Å². The molecule has 0 unspecified atom stereocenters. The van der Waals surface area contributed by atoms with Gasteiger partial charge in [0.2, 0.25) is 0 Å². The van der Waals surface area contributed by atoms with E-state index in [0.29, 0.717) is 4.47 Å². The van der Waals surface area contributed by atoms with Crippen LogP contribution in [0.4, 0.5) is 0 Å². The third kappa shape index (κ3) is 2.77. The minimum absolute atomic E-state index is 0.0490. The number of Topliss-reactive ketones (excluding diaryl/α,β-unsaturated/α-hetero) is 1. The van der Waals surface area contributed by atoms with E-state index in [4.69, 9.17) is 0 Å². The standard InChI is InChI=1S/C8H7Br2NO2/c1-5(12)3-11-4-6(9)2-7(10)8(11)13/h2,4H,3H2,1H3. The van der Waals surface area contributed by atoms with Crippen molar-refractivity contribution >= 4 is 37.6 Å². The molecule has 0 aliphatic carbocycles. The minimum Gasteiger partial charge on any atom is -0.306 e. The Morgan fingerprint density at radius 1 is 1.54 bits per heavy atom. The van der Waals surface area contributed by atoms with Gasteiger partial charge in [0.15, 0.2) is 0 Å². The Kier molecular flexibility index (Phi) is 3.44. The van der Waals surface area contributed by atoms with Gasteiger partial charge in [-0.2, -0.15) is 0 Å². The van der Waals surface area contributed by atoms with Crippen molar-refractivity contribution < 1.29 is 4.79 Å². The molecule has 0 bridgehead atoms. The number of hydrogen-bond acceptors (Lipinski definition) is 2. The Hall–Kier alpha value is -0.420. The van der Waals surface area contributed by atoms with E-state index in [1.807, 2.05) is 0 Å². The van der Waals surface area contributed by atoms with E-state index in [0.717, 1.165) is 4.47 Å². The molecule has 1 aromatic heterocycles. The lowest BCUT2D eigenvalue weighted by molar-refractivity contribution is -0.117. The number of halogens is 2. The summed E-state index contributed by atoms with van der Waals surface area (Å²) >= 11 is 6.35. The Morgan fingerprint density at radius 3 is 2.69 bits per heavy atom. The fourth-order valence-electron chi connectivity index (χ4n) is 0.922. The molecule has 0 aliphatic heterocycles. The van der Waals surface area contributed by atoms with E-state index in [-0.39, 0.29) is 17.9 Å². The quantitative estimate of drug-likeness (QED) is 0.838. The largest absolute Gasteiger partial charge is 0.306 e. The maximum Gasteiger partial charge on any atom is 0.265 e. The number of pyridine rings is 1. The van der Waals surface area contributed by atoms with Gasteiger partial charge in [-0.25, -0.2) is 0 Å². The SMILES string of the molecule is CC(=O)Cn1cc(Br)cc(Br)c1=O. The lowest BCUT2D eigenvalue weighted by Crippen LogP contribution is -2.23. The predicted octanol–water partition coefficient (Wildman–Crippen LogP) is 1.96. The first-order valence-electron chi connectivity index (χ1n) is 3.55. The average molecular weight is 309 g/mol. The summed E-state index contributed by atoms with van der Waals surface area (Å²) in [5.41, 5.74) is -0.196. The van der Waals surface area contributed by atoms with Crippen LogP contribution in [-0.2, 0) is 11.3 Å². The van der Waals surface area contributed by atoms with E-state index >= 15 is 0 Å². The molecule has 1 heterocycles. The molecule has 0 saturated carbocycles. The summed E-state index contributed by atoms with van der Waals surface area (Å²) in [6.45, 7) is 1.55. The summed E-state index contributed by atoms with van der Waals surface area (Å²) in [4.78, 5) is 22.2. The topological polar surface area (TPSA) is 39.1 Å². The zero-order valence-electron chi connectivity index (χ0n) is 6.88. The number of aromatic nitrogens is 1. The highest BCUT2D eigenvalue weighted by Gasteiger charge is 2.04. The number of carbonyl (C=O) groups is 1. The molecule has 70 valence electrons. The van der Waals surface area contributed by atoms with Crippen LogP contribution < -0.4 is 5.56 Å². The summed E-state index contributed by atoms with van der Waals surface area (Å²) in [5.74, 6) is -0.0490. The van der Waals surface area contributed by atoms with Gasteiger partial charge >= 0.3 is 0 Å². The smallest absolute Gasteiger partial charge is 0.265 e. The monoisotopic (exact) mass is 307 g/mol. The van der Waals surface area contributed by atoms with Crippen LogP contribution in [0.15, 0.2) is 26.0 Å². The van der Waals surface area contributed by atoms with Crippen molar-refractivity contribution in [3.8, 4) is 0 Å². The lowest BCUT2D eigenvalue weighted by Gasteiger charge is -2.03. The molecule has 0 saturated heterocycles. The van der Waals surface area contributed by atoms with Crippen molar-refractivity contribution in [1.82, 2.24) is 4.57 Å². The molecule has 0 spiro atoms. The lowest BCUT2D eigenvalue weighted by atomic mass is 10.4. The van der Waals surface area contributed by atoms with Gasteiger partial charge in [0.25, 0.3) is 5.56 Å².